The summed E-state index contributed by atoms with van der Waals surface area (Å²) in [7, 11) is 0. The van der Waals surface area contributed by atoms with Crippen molar-refractivity contribution in [3.8, 4) is 0 Å². The first-order valence-electron chi connectivity index (χ1n) is 5.22. The van der Waals surface area contributed by atoms with Gasteiger partial charge in [-0.25, -0.2) is 0 Å². The fourth-order valence-corrected chi connectivity index (χ4v) is 4.01. The van der Waals surface area contributed by atoms with Gasteiger partial charge in [-0.2, -0.15) is 0 Å². The van der Waals surface area contributed by atoms with Crippen molar-refractivity contribution in [1.82, 2.24) is 0 Å². The summed E-state index contributed by atoms with van der Waals surface area (Å²) in [6.45, 7) is 0. The van der Waals surface area contributed by atoms with Gasteiger partial charge >= 0.3 is 0 Å². The van der Waals surface area contributed by atoms with Gasteiger partial charge in [0.15, 0.2) is 0 Å². The first-order valence-corrected chi connectivity index (χ1v) is 5.22. The smallest absolute Gasteiger partial charge is 0.0832 e. The molecule has 3 rings (SSSR count). The molecule has 3 N–H and O–H groups in total. The predicted octanol–water partition coefficient (Wildman–Crippen LogP) is -0.255. The minimum Gasteiger partial charge on any atom is -0.393 e. The Kier molecular flexibility index (Phi) is 1.56. The Morgan fingerprint density at radius 3 is 1.54 bits per heavy atom. The van der Waals surface area contributed by atoms with Crippen LogP contribution in [0.15, 0.2) is 0 Å². The molecule has 13 heavy (non-hydrogen) atoms. The van der Waals surface area contributed by atoms with Crippen LogP contribution < -0.4 is 0 Å². The van der Waals surface area contributed by atoms with Crippen molar-refractivity contribution >= 4 is 0 Å². The molecule has 0 aromatic heterocycles. The van der Waals surface area contributed by atoms with Crippen molar-refractivity contribution in [3.05, 3.63) is 0 Å². The van der Waals surface area contributed by atoms with Crippen LogP contribution in [0.25, 0.3) is 0 Å². The van der Waals surface area contributed by atoms with Gasteiger partial charge < -0.3 is 15.3 Å². The topological polar surface area (TPSA) is 60.7 Å². The molecule has 0 saturated heterocycles. The maximum Gasteiger partial charge on any atom is 0.0832 e. The van der Waals surface area contributed by atoms with E-state index in [2.05, 4.69) is 0 Å². The second kappa shape index (κ2) is 2.47. The van der Waals surface area contributed by atoms with Crippen LogP contribution in [0.5, 0.6) is 0 Å². The van der Waals surface area contributed by atoms with E-state index in [1.165, 1.54) is 0 Å². The predicted molar refractivity (Wildman–Crippen MR) is 45.8 cm³/mol. The second-order valence-corrected chi connectivity index (χ2v) is 5.00. The quantitative estimate of drug-likeness (QED) is 0.486. The van der Waals surface area contributed by atoms with E-state index in [1.807, 2.05) is 0 Å². The summed E-state index contributed by atoms with van der Waals surface area (Å²) >= 11 is 0. The molecule has 0 radical (unpaired) electrons. The Labute approximate surface area is 77.4 Å². The van der Waals surface area contributed by atoms with Gasteiger partial charge in [-0.3, -0.25) is 0 Å². The van der Waals surface area contributed by atoms with Gasteiger partial charge in [0, 0.05) is 0 Å². The van der Waals surface area contributed by atoms with Gasteiger partial charge in [-0.1, -0.05) is 0 Å². The minimum absolute atomic E-state index is 0.183. The van der Waals surface area contributed by atoms with Crippen molar-refractivity contribution < 1.29 is 15.3 Å². The molecule has 3 nitrogen and oxygen atoms in total. The zero-order valence-corrected chi connectivity index (χ0v) is 7.50. The van der Waals surface area contributed by atoms with Gasteiger partial charge in [0.25, 0.3) is 0 Å². The Bertz CT molecular complexity index is 204. The summed E-state index contributed by atoms with van der Waals surface area (Å²) in [6.07, 6.45) is 1.45. The first-order chi connectivity index (χ1) is 6.18. The number of aliphatic hydroxyl groups is 3. The van der Waals surface area contributed by atoms with Crippen molar-refractivity contribution in [1.29, 1.82) is 0 Å². The molecular weight excluding hydrogens is 168 g/mol. The SMILES string of the molecule is OC1CC2C(C1)[C@H]1C[C@@H]2C(O)C1O. The molecular formula is C10H16O3. The van der Waals surface area contributed by atoms with E-state index in [-0.39, 0.29) is 17.9 Å². The molecule has 74 valence electrons. The lowest BCUT2D eigenvalue weighted by Gasteiger charge is -2.32. The first kappa shape index (κ1) is 8.21. The number of hydrogen-bond donors (Lipinski definition) is 3. The molecule has 0 spiro atoms. The highest BCUT2D eigenvalue weighted by molar-refractivity contribution is 5.09. The van der Waals surface area contributed by atoms with E-state index in [9.17, 15) is 15.3 Å². The molecule has 5 unspecified atom stereocenters. The van der Waals surface area contributed by atoms with Crippen LogP contribution in [0.4, 0.5) is 0 Å². The van der Waals surface area contributed by atoms with Crippen molar-refractivity contribution in [3.63, 3.8) is 0 Å². The second-order valence-electron chi connectivity index (χ2n) is 5.00. The van der Waals surface area contributed by atoms with Crippen molar-refractivity contribution in [2.45, 2.75) is 37.6 Å². The molecule has 3 aliphatic carbocycles. The highest BCUT2D eigenvalue weighted by atomic mass is 16.3. The lowest BCUT2D eigenvalue weighted by atomic mass is 9.79. The number of fused-ring (bicyclic) bond motifs is 5. The molecule has 7 atom stereocenters. The number of aliphatic hydroxyl groups excluding tert-OH is 3. The van der Waals surface area contributed by atoms with Crippen molar-refractivity contribution in [2.75, 3.05) is 0 Å². The van der Waals surface area contributed by atoms with Crippen LogP contribution in [0.2, 0.25) is 0 Å². The molecule has 0 aromatic carbocycles. The maximum absolute atomic E-state index is 9.69. The summed E-state index contributed by atoms with van der Waals surface area (Å²) in [6, 6.07) is 0. The average Bonchev–Trinajstić information content (AvgIpc) is 2.64. The highest BCUT2D eigenvalue weighted by Crippen LogP contribution is 2.58. The summed E-state index contributed by atoms with van der Waals surface area (Å²) in [4.78, 5) is 0. The van der Waals surface area contributed by atoms with E-state index in [4.69, 9.17) is 0 Å². The third-order valence-corrected chi connectivity index (χ3v) is 4.51. The normalized spacial score (nSPS) is 64.4. The highest BCUT2D eigenvalue weighted by Gasteiger charge is 2.59. The van der Waals surface area contributed by atoms with Crippen LogP contribution in [0, 0.1) is 23.7 Å². The van der Waals surface area contributed by atoms with Gasteiger partial charge in [-0.05, 0) is 42.9 Å². The lowest BCUT2D eigenvalue weighted by molar-refractivity contribution is -0.0497. The van der Waals surface area contributed by atoms with E-state index in [0.717, 1.165) is 19.3 Å². The molecule has 3 fully saturated rings. The fourth-order valence-electron chi connectivity index (χ4n) is 4.01. The molecule has 3 saturated carbocycles. The van der Waals surface area contributed by atoms with Gasteiger partial charge in [-0.15, -0.1) is 0 Å². The minimum atomic E-state index is -0.517. The molecule has 0 aliphatic heterocycles. The zero-order chi connectivity index (χ0) is 9.16. The van der Waals surface area contributed by atoms with Gasteiger partial charge in [0.05, 0.1) is 18.3 Å². The Balaban J connectivity index is 1.88. The monoisotopic (exact) mass is 184 g/mol. The van der Waals surface area contributed by atoms with Crippen LogP contribution in [-0.4, -0.2) is 33.6 Å². The van der Waals surface area contributed by atoms with Crippen LogP contribution in [0.3, 0.4) is 0 Å². The van der Waals surface area contributed by atoms with Crippen molar-refractivity contribution in [2.24, 2.45) is 23.7 Å². The Hall–Kier alpha value is -0.120. The summed E-state index contributed by atoms with van der Waals surface area (Å²) in [5, 5.41) is 28.9. The van der Waals surface area contributed by atoms with Gasteiger partial charge in [0.2, 0.25) is 0 Å². The zero-order valence-electron chi connectivity index (χ0n) is 7.50. The van der Waals surface area contributed by atoms with E-state index in [1.54, 1.807) is 0 Å². The Morgan fingerprint density at radius 1 is 0.615 bits per heavy atom. The molecule has 3 heteroatoms. The maximum atomic E-state index is 9.69. The Morgan fingerprint density at radius 2 is 1.08 bits per heavy atom. The third kappa shape index (κ3) is 0.901. The summed E-state index contributed by atoms with van der Waals surface area (Å²) in [5.74, 6) is 1.50. The fraction of sp³-hybridized carbons (Fsp3) is 1.00. The summed E-state index contributed by atoms with van der Waals surface area (Å²) < 4.78 is 0. The molecule has 3 aliphatic rings. The van der Waals surface area contributed by atoms with E-state index >= 15 is 0 Å². The largest absolute Gasteiger partial charge is 0.393 e. The molecule has 2 bridgehead atoms. The number of hydrogen-bond acceptors (Lipinski definition) is 3. The molecule has 0 heterocycles. The molecule has 0 aromatic rings. The molecule has 0 amide bonds. The summed E-state index contributed by atoms with van der Waals surface area (Å²) in [5.41, 5.74) is 0. The average molecular weight is 184 g/mol. The van der Waals surface area contributed by atoms with E-state index in [0.29, 0.717) is 11.8 Å². The van der Waals surface area contributed by atoms with E-state index < -0.39 is 12.2 Å². The number of rotatable bonds is 0. The lowest BCUT2D eigenvalue weighted by Crippen LogP contribution is -2.39. The van der Waals surface area contributed by atoms with Gasteiger partial charge in [0.1, 0.15) is 0 Å². The van der Waals surface area contributed by atoms with Crippen LogP contribution in [0.1, 0.15) is 19.3 Å². The van der Waals surface area contributed by atoms with Crippen LogP contribution in [-0.2, 0) is 0 Å². The standard InChI is InChI=1S/C10H16O3/c11-4-1-5-6(2-4)8-3-7(5)9(12)10(8)13/h4-13H,1-3H2/t4?,5?,6?,7-,8+,9?,10?. The third-order valence-electron chi connectivity index (χ3n) is 4.51. The van der Waals surface area contributed by atoms with Crippen LogP contribution >= 0.6 is 0 Å².